The third-order valence-corrected chi connectivity index (χ3v) is 5.53. The summed E-state index contributed by atoms with van der Waals surface area (Å²) in [5.74, 6) is -2.96. The van der Waals surface area contributed by atoms with Crippen LogP contribution in [0.25, 0.3) is 0 Å². The van der Waals surface area contributed by atoms with Crippen LogP contribution in [0.3, 0.4) is 0 Å². The monoisotopic (exact) mass is 420 g/mol. The number of aromatic nitrogens is 1. The zero-order valence-electron chi connectivity index (χ0n) is 16.8. The molecule has 1 aromatic carbocycles. The van der Waals surface area contributed by atoms with Crippen molar-refractivity contribution in [1.29, 1.82) is 0 Å². The quantitative estimate of drug-likeness (QED) is 0.688. The molecule has 0 spiro atoms. The number of piperidine rings is 1. The first-order chi connectivity index (χ1) is 14.9. The van der Waals surface area contributed by atoms with E-state index in [1.165, 1.54) is 18.2 Å². The fraction of sp³-hybridized carbons (Fsp3) is 0.273. The first kappa shape index (κ1) is 20.4. The summed E-state index contributed by atoms with van der Waals surface area (Å²) in [6.07, 6.45) is 4.11. The van der Waals surface area contributed by atoms with Crippen LogP contribution in [-0.4, -0.2) is 52.0 Å². The van der Waals surface area contributed by atoms with Gasteiger partial charge in [-0.1, -0.05) is 6.07 Å². The van der Waals surface area contributed by atoms with E-state index >= 15 is 0 Å². The zero-order valence-corrected chi connectivity index (χ0v) is 16.8. The lowest BCUT2D eigenvalue weighted by molar-refractivity contribution is -0.136. The Bertz CT molecular complexity index is 1130. The fourth-order valence-electron chi connectivity index (χ4n) is 3.89. The van der Waals surface area contributed by atoms with Gasteiger partial charge < -0.3 is 5.32 Å². The molecule has 158 valence electrons. The van der Waals surface area contributed by atoms with E-state index in [9.17, 15) is 24.0 Å². The summed E-state index contributed by atoms with van der Waals surface area (Å²) in [5, 5.41) is 4.94. The molecule has 9 nitrogen and oxygen atoms in total. The van der Waals surface area contributed by atoms with Crippen LogP contribution in [0.15, 0.2) is 36.7 Å². The zero-order chi connectivity index (χ0) is 22.1. The highest BCUT2D eigenvalue weighted by atomic mass is 16.2. The number of nitrogens with one attached hydrogen (secondary N) is 2. The third-order valence-electron chi connectivity index (χ3n) is 5.53. The molecule has 2 N–H and O–H groups in total. The highest BCUT2D eigenvalue weighted by Crippen LogP contribution is 2.29. The van der Waals surface area contributed by atoms with Crippen LogP contribution in [0.1, 0.15) is 55.0 Å². The Morgan fingerprint density at radius 1 is 1.19 bits per heavy atom. The lowest BCUT2D eigenvalue weighted by atomic mass is 10.0. The van der Waals surface area contributed by atoms with Crippen molar-refractivity contribution in [2.24, 2.45) is 0 Å². The Kier molecular flexibility index (Phi) is 5.33. The fourth-order valence-corrected chi connectivity index (χ4v) is 3.89. The maximum Gasteiger partial charge on any atom is 0.263 e. The summed E-state index contributed by atoms with van der Waals surface area (Å²) in [6, 6.07) is 5.27. The molecular weight excluding hydrogens is 400 g/mol. The van der Waals surface area contributed by atoms with Gasteiger partial charge in [0.2, 0.25) is 11.8 Å². The van der Waals surface area contributed by atoms with Gasteiger partial charge in [-0.2, -0.15) is 0 Å². The molecule has 0 bridgehead atoms. The van der Waals surface area contributed by atoms with E-state index in [-0.39, 0.29) is 29.5 Å². The van der Waals surface area contributed by atoms with Crippen molar-refractivity contribution in [3.8, 4) is 0 Å². The third kappa shape index (κ3) is 3.70. The predicted octanol–water partition coefficient (Wildman–Crippen LogP) is 0.764. The summed E-state index contributed by atoms with van der Waals surface area (Å²) < 4.78 is 0. The van der Waals surface area contributed by atoms with Crippen LogP contribution in [0, 0.1) is 6.92 Å². The topological polar surface area (TPSA) is 126 Å². The van der Waals surface area contributed by atoms with Gasteiger partial charge in [0.05, 0.1) is 16.7 Å². The lowest BCUT2D eigenvalue weighted by Gasteiger charge is -2.27. The molecule has 4 rings (SSSR count). The van der Waals surface area contributed by atoms with Gasteiger partial charge in [-0.3, -0.25) is 39.2 Å². The van der Waals surface area contributed by atoms with E-state index < -0.39 is 35.6 Å². The molecule has 5 amide bonds. The van der Waals surface area contributed by atoms with Gasteiger partial charge in [0, 0.05) is 25.4 Å². The highest BCUT2D eigenvalue weighted by molar-refractivity contribution is 6.26. The van der Waals surface area contributed by atoms with Crippen LogP contribution in [0.2, 0.25) is 0 Å². The van der Waals surface area contributed by atoms with Crippen molar-refractivity contribution >= 4 is 29.5 Å². The van der Waals surface area contributed by atoms with Crippen LogP contribution >= 0.6 is 0 Å². The number of benzene rings is 1. The Morgan fingerprint density at radius 3 is 2.74 bits per heavy atom. The maximum absolute atomic E-state index is 13.1. The molecule has 9 heteroatoms. The molecule has 31 heavy (non-hydrogen) atoms. The standard InChI is InChI=1S/C22H20N4O5/c1-12-11-23-9-7-13(12)8-10-24-19(28)14-3-2-4-15-18(14)22(31)26(21(15)30)16-5-6-17(27)25-20(16)29/h2-4,7,9,11,16H,5-6,8,10H2,1H3,(H,24,28)(H,25,27,29). The number of aryl methyl sites for hydroxylation is 1. The van der Waals surface area contributed by atoms with Crippen LogP contribution in [0.5, 0.6) is 0 Å². The molecule has 3 heterocycles. The maximum atomic E-state index is 13.1. The number of pyridine rings is 1. The number of amides is 5. The van der Waals surface area contributed by atoms with Crippen LogP contribution in [-0.2, 0) is 16.0 Å². The summed E-state index contributed by atoms with van der Waals surface area (Å²) in [6.45, 7) is 2.27. The van der Waals surface area contributed by atoms with Crippen molar-refractivity contribution in [3.63, 3.8) is 0 Å². The van der Waals surface area contributed by atoms with Gasteiger partial charge >= 0.3 is 0 Å². The van der Waals surface area contributed by atoms with E-state index in [0.717, 1.165) is 16.0 Å². The molecule has 0 aliphatic carbocycles. The second-order valence-corrected chi connectivity index (χ2v) is 7.48. The molecule has 0 saturated carbocycles. The summed E-state index contributed by atoms with van der Waals surface area (Å²) in [5.41, 5.74) is 2.20. The molecule has 1 aromatic heterocycles. The minimum Gasteiger partial charge on any atom is -0.352 e. The first-order valence-electron chi connectivity index (χ1n) is 9.90. The second-order valence-electron chi connectivity index (χ2n) is 7.48. The molecule has 1 unspecified atom stereocenters. The molecule has 2 aliphatic rings. The van der Waals surface area contributed by atoms with Crippen molar-refractivity contribution in [2.75, 3.05) is 6.54 Å². The minimum atomic E-state index is -1.07. The Hall–Kier alpha value is -3.88. The van der Waals surface area contributed by atoms with E-state index in [4.69, 9.17) is 0 Å². The van der Waals surface area contributed by atoms with E-state index in [1.54, 1.807) is 12.4 Å². The van der Waals surface area contributed by atoms with Crippen molar-refractivity contribution < 1.29 is 24.0 Å². The van der Waals surface area contributed by atoms with Gasteiger partial charge in [0.25, 0.3) is 17.7 Å². The number of carbonyl (C=O) groups is 5. The summed E-state index contributed by atoms with van der Waals surface area (Å²) >= 11 is 0. The van der Waals surface area contributed by atoms with Gasteiger partial charge in [-0.15, -0.1) is 0 Å². The number of fused-ring (bicyclic) bond motifs is 1. The Balaban J connectivity index is 1.53. The van der Waals surface area contributed by atoms with Gasteiger partial charge in [0.15, 0.2) is 0 Å². The second kappa shape index (κ2) is 8.10. The number of carbonyl (C=O) groups excluding carboxylic acids is 5. The molecule has 1 saturated heterocycles. The molecule has 1 atom stereocenters. The molecule has 2 aromatic rings. The molecule has 1 fully saturated rings. The van der Waals surface area contributed by atoms with Crippen molar-refractivity contribution in [2.45, 2.75) is 32.2 Å². The normalized spacial score (nSPS) is 18.1. The molecular formula is C22H20N4O5. The predicted molar refractivity (Wildman–Crippen MR) is 108 cm³/mol. The van der Waals surface area contributed by atoms with E-state index in [0.29, 0.717) is 13.0 Å². The average molecular weight is 420 g/mol. The number of rotatable bonds is 5. The summed E-state index contributed by atoms with van der Waals surface area (Å²) in [7, 11) is 0. The van der Waals surface area contributed by atoms with Crippen LogP contribution in [0.4, 0.5) is 0 Å². The van der Waals surface area contributed by atoms with Gasteiger partial charge in [0.1, 0.15) is 6.04 Å². The average Bonchev–Trinajstić information content (AvgIpc) is 3.00. The number of nitrogens with zero attached hydrogens (tertiary/aromatic N) is 2. The number of hydrogen-bond acceptors (Lipinski definition) is 6. The van der Waals surface area contributed by atoms with Gasteiger partial charge in [-0.05, 0) is 49.1 Å². The number of hydrogen-bond donors (Lipinski definition) is 2. The highest BCUT2D eigenvalue weighted by Gasteiger charge is 2.46. The summed E-state index contributed by atoms with van der Waals surface area (Å²) in [4.78, 5) is 67.2. The van der Waals surface area contributed by atoms with E-state index in [1.807, 2.05) is 13.0 Å². The Morgan fingerprint density at radius 2 is 2.00 bits per heavy atom. The van der Waals surface area contributed by atoms with Crippen molar-refractivity contribution in [1.82, 2.24) is 20.5 Å². The van der Waals surface area contributed by atoms with Crippen molar-refractivity contribution in [3.05, 3.63) is 64.5 Å². The first-order valence-corrected chi connectivity index (χ1v) is 9.90. The molecule has 2 aliphatic heterocycles. The Labute approximate surface area is 177 Å². The van der Waals surface area contributed by atoms with E-state index in [2.05, 4.69) is 15.6 Å². The number of imide groups is 2. The molecule has 0 radical (unpaired) electrons. The smallest absolute Gasteiger partial charge is 0.263 e. The minimum absolute atomic E-state index is 0.0187. The largest absolute Gasteiger partial charge is 0.352 e. The lowest BCUT2D eigenvalue weighted by Crippen LogP contribution is -2.54. The van der Waals surface area contributed by atoms with Crippen LogP contribution < -0.4 is 10.6 Å². The van der Waals surface area contributed by atoms with Gasteiger partial charge in [-0.25, -0.2) is 0 Å². The SMILES string of the molecule is Cc1cnccc1CCNC(=O)c1cccc2c1C(=O)N(C1CCC(=O)NC1=O)C2=O.